The molecule has 0 radical (unpaired) electrons. The van der Waals surface area contributed by atoms with Crippen molar-refractivity contribution in [2.45, 2.75) is 0 Å². The van der Waals surface area contributed by atoms with Gasteiger partial charge in [0, 0.05) is 11.4 Å². The number of carboxylic acid groups (broad SMARTS) is 1. The Labute approximate surface area is 124 Å². The molecule has 1 amide bonds. The van der Waals surface area contributed by atoms with E-state index in [1.54, 1.807) is 29.6 Å². The molecule has 0 spiro atoms. The molecule has 1 aromatic carbocycles. The summed E-state index contributed by atoms with van der Waals surface area (Å²) in [4.78, 5) is 22.7. The van der Waals surface area contributed by atoms with E-state index in [1.165, 1.54) is 13.2 Å². The number of hydrogen-bond donors (Lipinski definition) is 2. The van der Waals surface area contributed by atoms with Gasteiger partial charge in [-0.15, -0.1) is 11.3 Å². The van der Waals surface area contributed by atoms with E-state index in [9.17, 15) is 9.59 Å². The van der Waals surface area contributed by atoms with Gasteiger partial charge in [-0.25, -0.2) is 4.79 Å². The minimum atomic E-state index is -1.02. The first kappa shape index (κ1) is 14.9. The Morgan fingerprint density at radius 1 is 1.33 bits per heavy atom. The number of hydrogen-bond acceptors (Lipinski definition) is 5. The fraction of sp³-hybridized carbons (Fsp3) is 0.143. The van der Waals surface area contributed by atoms with E-state index in [0.29, 0.717) is 17.2 Å². The largest absolute Gasteiger partial charge is 0.495 e. The van der Waals surface area contributed by atoms with Crippen molar-refractivity contribution in [3.63, 3.8) is 0 Å². The van der Waals surface area contributed by atoms with E-state index in [4.69, 9.17) is 14.6 Å². The minimum Gasteiger partial charge on any atom is -0.495 e. The molecule has 2 rings (SSSR count). The second kappa shape index (κ2) is 6.76. The van der Waals surface area contributed by atoms with Crippen molar-refractivity contribution in [2.24, 2.45) is 0 Å². The molecule has 0 aliphatic rings. The van der Waals surface area contributed by atoms with E-state index >= 15 is 0 Å². The van der Waals surface area contributed by atoms with Gasteiger partial charge in [0.1, 0.15) is 16.4 Å². The van der Waals surface area contributed by atoms with Crippen LogP contribution in [0.1, 0.15) is 9.67 Å². The number of benzene rings is 1. The van der Waals surface area contributed by atoms with Crippen LogP contribution in [0, 0.1) is 0 Å². The molecule has 2 N–H and O–H groups in total. The maximum Gasteiger partial charge on any atom is 0.346 e. The van der Waals surface area contributed by atoms with Crippen LogP contribution in [0.2, 0.25) is 0 Å². The van der Waals surface area contributed by atoms with Crippen LogP contribution in [0.5, 0.6) is 11.5 Å². The summed E-state index contributed by atoms with van der Waals surface area (Å²) in [5.41, 5.74) is 0.546. The molecule has 7 heteroatoms. The van der Waals surface area contributed by atoms with Crippen molar-refractivity contribution < 1.29 is 24.2 Å². The molecule has 21 heavy (non-hydrogen) atoms. The molecule has 110 valence electrons. The highest BCUT2D eigenvalue weighted by molar-refractivity contribution is 7.12. The van der Waals surface area contributed by atoms with Crippen LogP contribution in [0.25, 0.3) is 0 Å². The molecule has 0 saturated heterocycles. The number of rotatable bonds is 6. The number of amides is 1. The highest BCUT2D eigenvalue weighted by Gasteiger charge is 2.10. The van der Waals surface area contributed by atoms with Crippen LogP contribution < -0.4 is 14.8 Å². The maximum atomic E-state index is 11.8. The number of carbonyl (C=O) groups is 2. The molecule has 0 fully saturated rings. The molecule has 0 saturated carbocycles. The van der Waals surface area contributed by atoms with Crippen molar-refractivity contribution >= 4 is 28.9 Å². The van der Waals surface area contributed by atoms with E-state index in [-0.39, 0.29) is 17.4 Å². The first-order valence-electron chi connectivity index (χ1n) is 5.97. The van der Waals surface area contributed by atoms with Crippen LogP contribution >= 0.6 is 11.3 Å². The van der Waals surface area contributed by atoms with Crippen molar-refractivity contribution in [1.29, 1.82) is 0 Å². The zero-order chi connectivity index (χ0) is 15.2. The molecule has 0 aliphatic carbocycles. The maximum absolute atomic E-state index is 11.8. The van der Waals surface area contributed by atoms with Crippen molar-refractivity contribution in [3.05, 3.63) is 40.6 Å². The second-order valence-corrected chi connectivity index (χ2v) is 4.90. The van der Waals surface area contributed by atoms with Gasteiger partial charge in [0.15, 0.2) is 6.61 Å². The second-order valence-electron chi connectivity index (χ2n) is 3.99. The lowest BCUT2D eigenvalue weighted by Crippen LogP contribution is -2.20. The van der Waals surface area contributed by atoms with Gasteiger partial charge < -0.3 is 19.9 Å². The third kappa shape index (κ3) is 3.96. The summed E-state index contributed by atoms with van der Waals surface area (Å²) in [6.07, 6.45) is 0. The van der Waals surface area contributed by atoms with Gasteiger partial charge in [-0.2, -0.15) is 0 Å². The van der Waals surface area contributed by atoms with Gasteiger partial charge in [0.05, 0.1) is 12.8 Å². The Morgan fingerprint density at radius 3 is 2.76 bits per heavy atom. The summed E-state index contributed by atoms with van der Waals surface area (Å²) in [6, 6.07) is 8.39. The monoisotopic (exact) mass is 307 g/mol. The zero-order valence-electron chi connectivity index (χ0n) is 11.2. The molecule has 2 aromatic rings. The lowest BCUT2D eigenvalue weighted by molar-refractivity contribution is -0.118. The van der Waals surface area contributed by atoms with Gasteiger partial charge >= 0.3 is 5.97 Å². The molecular formula is C14H13NO5S. The summed E-state index contributed by atoms with van der Waals surface area (Å²) in [7, 11) is 1.51. The number of nitrogens with one attached hydrogen (secondary N) is 1. The van der Waals surface area contributed by atoms with Crippen LogP contribution in [-0.4, -0.2) is 30.7 Å². The summed E-state index contributed by atoms with van der Waals surface area (Å²) < 4.78 is 10.4. The zero-order valence-corrected chi connectivity index (χ0v) is 12.0. The molecule has 6 nitrogen and oxygen atoms in total. The Balaban J connectivity index is 1.91. The van der Waals surface area contributed by atoms with Gasteiger partial charge in [-0.05, 0) is 12.1 Å². The molecule has 0 bridgehead atoms. The number of ether oxygens (including phenoxy) is 2. The number of anilines is 1. The molecular weight excluding hydrogens is 294 g/mol. The summed E-state index contributed by atoms with van der Waals surface area (Å²) in [5, 5.41) is 13.0. The smallest absolute Gasteiger partial charge is 0.346 e. The molecule has 1 aromatic heterocycles. The highest BCUT2D eigenvalue weighted by Crippen LogP contribution is 2.23. The number of carboxylic acids is 1. The lowest BCUT2D eigenvalue weighted by Gasteiger charge is -2.09. The summed E-state index contributed by atoms with van der Waals surface area (Å²) >= 11 is 1.04. The number of thiophene rings is 1. The van der Waals surface area contributed by atoms with Crippen LogP contribution in [-0.2, 0) is 4.79 Å². The number of aromatic carboxylic acids is 1. The predicted octanol–water partition coefficient (Wildman–Crippen LogP) is 2.47. The highest BCUT2D eigenvalue weighted by atomic mass is 32.1. The average molecular weight is 307 g/mol. The Bertz CT molecular complexity index is 652. The summed E-state index contributed by atoms with van der Waals surface area (Å²) in [6.45, 7) is -0.214. The lowest BCUT2D eigenvalue weighted by atomic mass is 10.3. The van der Waals surface area contributed by atoms with Crippen LogP contribution in [0.15, 0.2) is 35.7 Å². The van der Waals surface area contributed by atoms with E-state index < -0.39 is 5.97 Å². The van der Waals surface area contributed by atoms with Crippen LogP contribution in [0.3, 0.4) is 0 Å². The van der Waals surface area contributed by atoms with Crippen molar-refractivity contribution in [1.82, 2.24) is 0 Å². The molecule has 0 atom stereocenters. The van der Waals surface area contributed by atoms with Gasteiger partial charge in [0.2, 0.25) is 0 Å². The average Bonchev–Trinajstić information content (AvgIpc) is 2.95. The fourth-order valence-electron chi connectivity index (χ4n) is 1.59. The van der Waals surface area contributed by atoms with E-state index in [0.717, 1.165) is 11.3 Å². The van der Waals surface area contributed by atoms with Gasteiger partial charge in [0.25, 0.3) is 5.91 Å². The first-order valence-corrected chi connectivity index (χ1v) is 6.85. The van der Waals surface area contributed by atoms with Gasteiger partial charge in [-0.1, -0.05) is 12.1 Å². The van der Waals surface area contributed by atoms with Crippen LogP contribution in [0.4, 0.5) is 5.69 Å². The molecule has 1 heterocycles. The Morgan fingerprint density at radius 2 is 2.10 bits per heavy atom. The number of methoxy groups -OCH3 is 1. The standard InChI is InChI=1S/C14H13NO5S/c1-19-11-5-3-2-4-10(11)15-13(16)7-20-9-6-12(14(17)18)21-8-9/h2-6,8H,7H2,1H3,(H,15,16)(H,17,18). The summed E-state index contributed by atoms with van der Waals surface area (Å²) in [5.74, 6) is -0.474. The third-order valence-electron chi connectivity index (χ3n) is 2.54. The number of carbonyl (C=O) groups excluding carboxylic acids is 1. The van der Waals surface area contributed by atoms with E-state index in [1.807, 2.05) is 0 Å². The SMILES string of the molecule is COc1ccccc1NC(=O)COc1csc(C(=O)O)c1. The normalized spacial score (nSPS) is 9.95. The quantitative estimate of drug-likeness (QED) is 0.856. The Hall–Kier alpha value is -2.54. The van der Waals surface area contributed by atoms with Crippen molar-refractivity contribution in [3.8, 4) is 11.5 Å². The van der Waals surface area contributed by atoms with Gasteiger partial charge in [-0.3, -0.25) is 4.79 Å². The molecule has 0 unspecified atom stereocenters. The topological polar surface area (TPSA) is 84.9 Å². The predicted molar refractivity (Wildman–Crippen MR) is 78.4 cm³/mol. The van der Waals surface area contributed by atoms with Crippen molar-refractivity contribution in [2.75, 3.05) is 19.0 Å². The fourth-order valence-corrected chi connectivity index (χ4v) is 2.25. The first-order chi connectivity index (χ1) is 10.1. The Kier molecular flexibility index (Phi) is 4.78. The third-order valence-corrected chi connectivity index (χ3v) is 3.43. The van der Waals surface area contributed by atoms with E-state index in [2.05, 4.69) is 5.32 Å². The number of para-hydroxylation sites is 2. The molecule has 0 aliphatic heterocycles. The minimum absolute atomic E-state index is 0.162.